The third kappa shape index (κ3) is 10.7. The Morgan fingerprint density at radius 2 is 0.760 bits per heavy atom. The Balaban J connectivity index is 0.000000113. The fraction of sp³-hybridized carbons (Fsp3) is 0.214. The van der Waals surface area contributed by atoms with Crippen molar-refractivity contribution >= 4 is 145 Å². The highest BCUT2D eigenvalue weighted by molar-refractivity contribution is 7.27. The van der Waals surface area contributed by atoms with E-state index in [4.69, 9.17) is 36.8 Å². The van der Waals surface area contributed by atoms with Crippen LogP contribution in [0.3, 0.4) is 0 Å². The molecule has 96 heavy (non-hydrogen) atoms. The van der Waals surface area contributed by atoms with Gasteiger partial charge in [0.2, 0.25) is 0 Å². The number of hydrogen-bond donors (Lipinski definition) is 0. The lowest BCUT2D eigenvalue weighted by Gasteiger charge is -2.32. The summed E-state index contributed by atoms with van der Waals surface area (Å²) in [7, 11) is -1.13. The third-order valence-electron chi connectivity index (χ3n) is 21.3. The number of fused-ring (bicyclic) bond motifs is 12. The van der Waals surface area contributed by atoms with Gasteiger partial charge in [0.05, 0.1) is 33.6 Å². The van der Waals surface area contributed by atoms with Gasteiger partial charge < -0.3 is 36.8 Å². The predicted molar refractivity (Wildman–Crippen MR) is 403 cm³/mol. The topological polar surface area (TPSA) is 81.7 Å². The number of hydrogen-bond acceptors (Lipinski definition) is 9. The molecule has 0 amide bonds. The second-order valence-electron chi connectivity index (χ2n) is 29.1. The van der Waals surface area contributed by atoms with Gasteiger partial charge in [0, 0.05) is 47.2 Å². The quantitative estimate of drug-likeness (QED) is 0.152. The minimum Gasteiger partial charge on any atom is -0.456 e. The zero-order chi connectivity index (χ0) is 66.3. The fourth-order valence-electron chi connectivity index (χ4n) is 13.7. The summed E-state index contributed by atoms with van der Waals surface area (Å²) in [5, 5.41) is 14.4. The van der Waals surface area contributed by atoms with E-state index in [-0.39, 0.29) is 47.8 Å². The predicted octanol–water partition coefficient (Wildman–Crippen LogP) is 20.6. The van der Waals surface area contributed by atoms with E-state index in [1.165, 1.54) is 63.8 Å². The molecule has 3 aromatic heterocycles. The Hall–Kier alpha value is -8.81. The number of thiophene rings is 1. The summed E-state index contributed by atoms with van der Waals surface area (Å²) < 4.78 is 52.9. The minimum absolute atomic E-state index is 0.347. The van der Waals surface area contributed by atoms with Crippen LogP contribution in [0.25, 0.3) is 130 Å². The van der Waals surface area contributed by atoms with E-state index in [1.807, 2.05) is 29.5 Å². The number of para-hydroxylation sites is 1. The maximum Gasteiger partial charge on any atom is 0.496 e. The van der Waals surface area contributed by atoms with Crippen molar-refractivity contribution in [3.05, 3.63) is 237 Å². The Morgan fingerprint density at radius 3 is 1.43 bits per heavy atom. The van der Waals surface area contributed by atoms with E-state index in [0.717, 1.165) is 82.3 Å². The number of furan rings is 2. The highest BCUT2D eigenvalue weighted by Crippen LogP contribution is 2.45. The lowest BCUT2D eigenvalue weighted by molar-refractivity contribution is 0.00578. The highest BCUT2D eigenvalue weighted by Gasteiger charge is 2.54. The van der Waals surface area contributed by atoms with Gasteiger partial charge in [0.15, 0.2) is 0 Å². The van der Waals surface area contributed by atoms with Crippen LogP contribution in [0.2, 0.25) is 0 Å². The number of benzene rings is 12. The fourth-order valence-corrected chi connectivity index (χ4v) is 14.9. The van der Waals surface area contributed by atoms with Crippen LogP contribution >= 0.6 is 11.3 Å². The molecule has 3 aliphatic heterocycles. The van der Waals surface area contributed by atoms with Crippen LogP contribution < -0.4 is 16.4 Å². The van der Waals surface area contributed by atoms with E-state index in [0.29, 0.717) is 0 Å². The van der Waals surface area contributed by atoms with E-state index < -0.39 is 7.12 Å². The first-order valence-corrected chi connectivity index (χ1v) is 34.2. The first kappa shape index (κ1) is 62.0. The number of rotatable bonds is 6. The molecule has 3 fully saturated rings. The van der Waals surface area contributed by atoms with Gasteiger partial charge in [0.1, 0.15) is 22.3 Å². The van der Waals surface area contributed by atoms with Crippen LogP contribution in [0.15, 0.2) is 245 Å². The van der Waals surface area contributed by atoms with E-state index >= 15 is 0 Å². The van der Waals surface area contributed by atoms with Crippen molar-refractivity contribution in [3.8, 4) is 33.4 Å². The molecule has 3 aliphatic rings. The molecule has 0 spiro atoms. The SMILES string of the molecule is CC1(C)OB(c2cc(-c3ccccc3)cc3c2sc2cc4ccccc4cc23)OC1(C)C.CC1(C)OB(c2ccc(-c3cccc4oc5cc6ccccc6cc5c34)cc2)OC1(C)C.CC1(C)OB(c2cccc(-c3cccc4cc5oc6ccccc6c5cc34)c2)OC1(C)C. The van der Waals surface area contributed by atoms with Crippen molar-refractivity contribution in [3.63, 3.8) is 0 Å². The average molecular weight is 1280 g/mol. The molecule has 3 saturated heterocycles. The Morgan fingerprint density at radius 1 is 0.271 bits per heavy atom. The first-order chi connectivity index (χ1) is 46.0. The van der Waals surface area contributed by atoms with Gasteiger partial charge in [-0.25, -0.2) is 0 Å². The molecule has 15 aromatic rings. The Bertz CT molecular complexity index is 5500. The van der Waals surface area contributed by atoms with Crippen LogP contribution in [-0.2, 0) is 27.9 Å². The zero-order valence-corrected chi connectivity index (χ0v) is 57.2. The van der Waals surface area contributed by atoms with Gasteiger partial charge in [0.25, 0.3) is 0 Å². The molecule has 0 unspecified atom stereocenters. The second kappa shape index (κ2) is 22.9. The molecule has 12 heteroatoms. The van der Waals surface area contributed by atoms with Crippen LogP contribution in [0.5, 0.6) is 0 Å². The molecule has 8 nitrogen and oxygen atoms in total. The van der Waals surface area contributed by atoms with Gasteiger partial charge in [-0.2, -0.15) is 0 Å². The average Bonchev–Trinajstić information content (AvgIpc) is 1.55. The van der Waals surface area contributed by atoms with E-state index in [2.05, 4.69) is 301 Å². The maximum absolute atomic E-state index is 6.51. The van der Waals surface area contributed by atoms with Crippen molar-refractivity contribution in [1.29, 1.82) is 0 Å². The molecular weight excluding hydrogens is 1200 g/mol. The van der Waals surface area contributed by atoms with E-state index in [1.54, 1.807) is 0 Å². The third-order valence-corrected chi connectivity index (χ3v) is 22.5. The first-order valence-electron chi connectivity index (χ1n) is 33.4. The molecule has 0 atom stereocenters. The summed E-state index contributed by atoms with van der Waals surface area (Å²) in [5.74, 6) is 0. The lowest BCUT2D eigenvalue weighted by Crippen LogP contribution is -2.41. The summed E-state index contributed by atoms with van der Waals surface area (Å²) in [6.07, 6.45) is 0. The summed E-state index contributed by atoms with van der Waals surface area (Å²) in [5.41, 5.74) is 11.7. The minimum atomic E-state index is -0.395. The summed E-state index contributed by atoms with van der Waals surface area (Å²) in [4.78, 5) is 0. The van der Waals surface area contributed by atoms with Crippen LogP contribution in [0.4, 0.5) is 0 Å². The van der Waals surface area contributed by atoms with Crippen LogP contribution in [0, 0.1) is 0 Å². The molecule has 18 rings (SSSR count). The maximum atomic E-state index is 6.51. The van der Waals surface area contributed by atoms with Gasteiger partial charge in [-0.3, -0.25) is 0 Å². The Kier molecular flexibility index (Phi) is 14.8. The second-order valence-corrected chi connectivity index (χ2v) is 30.1. The van der Waals surface area contributed by atoms with Crippen molar-refractivity contribution in [2.24, 2.45) is 0 Å². The Labute approximate surface area is 565 Å². The summed E-state index contributed by atoms with van der Waals surface area (Å²) in [6, 6.07) is 83.5. The van der Waals surface area contributed by atoms with Crippen molar-refractivity contribution in [2.45, 2.75) is 117 Å². The molecule has 0 bridgehead atoms. The molecule has 0 N–H and O–H groups in total. The normalized spacial score (nSPS) is 17.6. The molecule has 12 aromatic carbocycles. The van der Waals surface area contributed by atoms with Crippen LogP contribution in [-0.4, -0.2) is 55.0 Å². The summed E-state index contributed by atoms with van der Waals surface area (Å²) in [6.45, 7) is 25.1. The smallest absolute Gasteiger partial charge is 0.456 e. The summed E-state index contributed by atoms with van der Waals surface area (Å²) >= 11 is 1.83. The van der Waals surface area contributed by atoms with Gasteiger partial charge in [-0.15, -0.1) is 11.3 Å². The molecule has 0 aliphatic carbocycles. The lowest BCUT2D eigenvalue weighted by atomic mass is 9.77. The molecule has 6 heterocycles. The van der Waals surface area contributed by atoms with Gasteiger partial charge >= 0.3 is 21.4 Å². The molecule has 0 saturated carbocycles. The van der Waals surface area contributed by atoms with E-state index in [9.17, 15) is 0 Å². The molecular formula is C84H75B3O8S. The van der Waals surface area contributed by atoms with Crippen LogP contribution in [0.1, 0.15) is 83.1 Å². The monoisotopic (exact) mass is 1280 g/mol. The zero-order valence-electron chi connectivity index (χ0n) is 56.4. The highest BCUT2D eigenvalue weighted by atomic mass is 32.1. The molecule has 474 valence electrons. The largest absolute Gasteiger partial charge is 0.496 e. The standard InChI is InChI=1S/2C28H25BO3.C28H25BO2S/c1-27(2)28(3,4)32-29(31-27)20-11-7-9-18(15-20)21-13-8-10-19-16-26-24(17-23(19)21)22-12-5-6-14-25(22)30-26;1-27(2)28(3,4)32-29(31-27)21-14-12-18(13-15-21)22-10-7-11-24-26(22)23-16-19-8-5-6-9-20(19)17-25(23)30-24;1-27(2)28(3,4)31-29(30-27)24-16-21(18-10-6-5-7-11-18)15-23-22-14-19-12-8-9-13-20(19)17-25(22)32-26(23)24/h3*5-17H,1-4H3. The van der Waals surface area contributed by atoms with Crippen molar-refractivity contribution in [1.82, 2.24) is 0 Å². The van der Waals surface area contributed by atoms with Crippen molar-refractivity contribution in [2.75, 3.05) is 0 Å². The van der Waals surface area contributed by atoms with Gasteiger partial charge in [-0.05, 0) is 214 Å². The van der Waals surface area contributed by atoms with Crippen molar-refractivity contribution < 1.29 is 36.8 Å². The van der Waals surface area contributed by atoms with Gasteiger partial charge in [-0.1, -0.05) is 182 Å². The molecule has 0 radical (unpaired) electrons.